The molecule has 0 aliphatic carbocycles. The number of rotatable bonds is 2. The van der Waals surface area contributed by atoms with Crippen LogP contribution < -0.4 is 0 Å². The van der Waals surface area contributed by atoms with E-state index in [0.29, 0.717) is 0 Å². The Labute approximate surface area is 160 Å². The van der Waals surface area contributed by atoms with E-state index in [-0.39, 0.29) is 43.0 Å². The van der Waals surface area contributed by atoms with E-state index in [1.165, 1.54) is 13.8 Å². The predicted octanol–water partition coefficient (Wildman–Crippen LogP) is 5.54. The second kappa shape index (κ2) is 8.60. The number of carbonyl (C=O) groups is 2. The maximum absolute atomic E-state index is 13.0. The van der Waals surface area contributed by atoms with Crippen LogP contribution in [0.3, 0.4) is 0 Å². The second-order valence-corrected chi connectivity index (χ2v) is 6.39. The molecule has 0 saturated heterocycles. The van der Waals surface area contributed by atoms with Crippen molar-refractivity contribution >= 4 is 50.7 Å². The summed E-state index contributed by atoms with van der Waals surface area (Å²) in [7, 11) is 0. The van der Waals surface area contributed by atoms with Crippen molar-refractivity contribution in [2.24, 2.45) is 0 Å². The van der Waals surface area contributed by atoms with Gasteiger partial charge in [0.15, 0.2) is 17.4 Å². The van der Waals surface area contributed by atoms with Crippen LogP contribution in [0.5, 0.6) is 11.5 Å². The molecule has 2 rings (SSSR count). The van der Waals surface area contributed by atoms with Gasteiger partial charge in [-0.25, -0.2) is 8.78 Å². The average molecular weight is 456 g/mol. The van der Waals surface area contributed by atoms with Gasteiger partial charge in [-0.05, 0) is 41.9 Å². The first kappa shape index (κ1) is 21.3. The minimum atomic E-state index is -0.774. The van der Waals surface area contributed by atoms with Crippen LogP contribution in [-0.4, -0.2) is 21.8 Å². The molecule has 0 atom stereocenters. The maximum atomic E-state index is 13.0. The first-order valence-electron chi connectivity index (χ1n) is 6.53. The lowest BCUT2D eigenvalue weighted by molar-refractivity contribution is 0.100. The Morgan fingerprint density at radius 2 is 1.44 bits per heavy atom. The van der Waals surface area contributed by atoms with Gasteiger partial charge in [-0.2, -0.15) is 0 Å². The Bertz CT molecular complexity index is 857. The number of benzene rings is 2. The number of halogens is 5. The Hall–Kier alpha value is -1.70. The quantitative estimate of drug-likeness (QED) is 0.460. The molecule has 0 spiro atoms. The van der Waals surface area contributed by atoms with Crippen LogP contribution in [0.1, 0.15) is 34.6 Å². The first-order chi connectivity index (χ1) is 11.5. The van der Waals surface area contributed by atoms with Gasteiger partial charge in [-0.3, -0.25) is 9.59 Å². The summed E-state index contributed by atoms with van der Waals surface area (Å²) in [6.45, 7) is 2.53. The lowest BCUT2D eigenvalue weighted by Gasteiger charge is -2.05. The molecule has 25 heavy (non-hydrogen) atoms. The number of carbonyl (C=O) groups excluding carboxylic acids is 2. The van der Waals surface area contributed by atoms with Gasteiger partial charge in [0.1, 0.15) is 17.3 Å². The van der Waals surface area contributed by atoms with Gasteiger partial charge in [0.2, 0.25) is 0 Å². The molecule has 0 aliphatic heterocycles. The zero-order valence-corrected chi connectivity index (χ0v) is 15.9. The summed E-state index contributed by atoms with van der Waals surface area (Å²) >= 11 is 13.6. The molecule has 0 fully saturated rings. The standard InChI is InChI=1S/C8H5BrClFO2.C8H6ClFO2/c1-3(12)4-2-5(10)7(11)6(9)8(4)13;1-4(11)5-2-6(9)7(10)3-8(5)12/h2,13H,1H3;2-3,12H,1H3. The van der Waals surface area contributed by atoms with Crippen molar-refractivity contribution in [1.29, 1.82) is 0 Å². The summed E-state index contributed by atoms with van der Waals surface area (Å²) in [5.41, 5.74) is 0.0275. The molecule has 0 saturated carbocycles. The fraction of sp³-hybridized carbons (Fsp3) is 0.125. The molecule has 2 aromatic rings. The molecule has 9 heteroatoms. The van der Waals surface area contributed by atoms with E-state index >= 15 is 0 Å². The zero-order chi connectivity index (χ0) is 19.5. The first-order valence-corrected chi connectivity index (χ1v) is 8.08. The van der Waals surface area contributed by atoms with Crippen molar-refractivity contribution in [2.45, 2.75) is 13.8 Å². The Kier molecular flexibility index (Phi) is 7.34. The highest BCUT2D eigenvalue weighted by Crippen LogP contribution is 2.35. The van der Waals surface area contributed by atoms with E-state index in [9.17, 15) is 23.5 Å². The highest BCUT2D eigenvalue weighted by molar-refractivity contribution is 9.10. The molecule has 0 bridgehead atoms. The maximum Gasteiger partial charge on any atom is 0.163 e. The number of phenols is 2. The van der Waals surface area contributed by atoms with Gasteiger partial charge < -0.3 is 10.2 Å². The van der Waals surface area contributed by atoms with Crippen LogP contribution in [-0.2, 0) is 0 Å². The van der Waals surface area contributed by atoms with E-state index in [1.54, 1.807) is 0 Å². The molecule has 0 radical (unpaired) electrons. The third kappa shape index (κ3) is 5.14. The van der Waals surface area contributed by atoms with Crippen molar-refractivity contribution in [3.63, 3.8) is 0 Å². The van der Waals surface area contributed by atoms with Crippen molar-refractivity contribution in [3.05, 3.63) is 55.5 Å². The molecule has 134 valence electrons. The Morgan fingerprint density at radius 3 is 1.92 bits per heavy atom. The largest absolute Gasteiger partial charge is 0.507 e. The van der Waals surface area contributed by atoms with Crippen molar-refractivity contribution in [3.8, 4) is 11.5 Å². The van der Waals surface area contributed by atoms with Gasteiger partial charge in [0.05, 0.1) is 25.6 Å². The third-order valence-electron chi connectivity index (χ3n) is 2.93. The molecule has 0 aromatic heterocycles. The highest BCUT2D eigenvalue weighted by Gasteiger charge is 2.17. The highest BCUT2D eigenvalue weighted by atomic mass is 79.9. The normalized spacial score (nSPS) is 10.0. The van der Waals surface area contributed by atoms with Gasteiger partial charge >= 0.3 is 0 Å². The van der Waals surface area contributed by atoms with Crippen LogP contribution in [0.4, 0.5) is 8.78 Å². The molecular formula is C16H11BrCl2F2O4. The van der Waals surface area contributed by atoms with Crippen LogP contribution in [0.2, 0.25) is 10.0 Å². The van der Waals surface area contributed by atoms with E-state index < -0.39 is 17.4 Å². The van der Waals surface area contributed by atoms with Crippen LogP contribution in [0.15, 0.2) is 22.7 Å². The van der Waals surface area contributed by atoms with E-state index in [4.69, 9.17) is 28.3 Å². The van der Waals surface area contributed by atoms with Gasteiger partial charge in [-0.1, -0.05) is 23.2 Å². The number of phenolic OH excluding ortho intramolecular Hbond substituents is 2. The summed E-state index contributed by atoms with van der Waals surface area (Å²) in [5.74, 6) is -3.04. The zero-order valence-electron chi connectivity index (χ0n) is 12.8. The summed E-state index contributed by atoms with van der Waals surface area (Å²) < 4.78 is 25.4. The predicted molar refractivity (Wildman–Crippen MR) is 93.9 cm³/mol. The summed E-state index contributed by atoms with van der Waals surface area (Å²) in [6.07, 6.45) is 0. The lowest BCUT2D eigenvalue weighted by Crippen LogP contribution is -1.95. The number of Topliss-reactive ketones (excluding diaryl/α,β-unsaturated/α-hetero) is 2. The number of hydrogen-bond acceptors (Lipinski definition) is 4. The summed E-state index contributed by atoms with van der Waals surface area (Å²) in [6, 6.07) is 3.02. The molecule has 2 N–H and O–H groups in total. The molecule has 0 heterocycles. The molecule has 0 aliphatic rings. The third-order valence-corrected chi connectivity index (χ3v) is 4.22. The SMILES string of the molecule is CC(=O)c1cc(Cl)c(F)c(Br)c1O.CC(=O)c1cc(Cl)c(F)cc1O. The summed E-state index contributed by atoms with van der Waals surface area (Å²) in [5, 5.41) is 18.0. The number of hydrogen-bond donors (Lipinski definition) is 2. The number of aromatic hydroxyl groups is 2. The molecule has 4 nitrogen and oxygen atoms in total. The minimum absolute atomic E-state index is 0.00160. The smallest absolute Gasteiger partial charge is 0.163 e. The van der Waals surface area contributed by atoms with Crippen molar-refractivity contribution in [2.75, 3.05) is 0 Å². The topological polar surface area (TPSA) is 74.6 Å². The molecule has 0 amide bonds. The van der Waals surface area contributed by atoms with E-state index in [1.807, 2.05) is 0 Å². The molecule has 2 aromatic carbocycles. The van der Waals surface area contributed by atoms with E-state index in [2.05, 4.69) is 15.9 Å². The van der Waals surface area contributed by atoms with Crippen LogP contribution in [0, 0.1) is 11.6 Å². The fourth-order valence-corrected chi connectivity index (χ4v) is 2.58. The Morgan fingerprint density at radius 1 is 0.960 bits per heavy atom. The van der Waals surface area contributed by atoms with Gasteiger partial charge in [0.25, 0.3) is 0 Å². The molecular weight excluding hydrogens is 445 g/mol. The Balaban J connectivity index is 0.000000251. The minimum Gasteiger partial charge on any atom is -0.507 e. The monoisotopic (exact) mass is 454 g/mol. The van der Waals surface area contributed by atoms with Crippen molar-refractivity contribution in [1.82, 2.24) is 0 Å². The average Bonchev–Trinajstić information content (AvgIpc) is 2.52. The van der Waals surface area contributed by atoms with E-state index in [0.717, 1.165) is 18.2 Å². The van der Waals surface area contributed by atoms with Crippen LogP contribution in [0.25, 0.3) is 0 Å². The fourth-order valence-electron chi connectivity index (χ4n) is 1.67. The van der Waals surface area contributed by atoms with Gasteiger partial charge in [0, 0.05) is 6.07 Å². The van der Waals surface area contributed by atoms with Crippen LogP contribution >= 0.6 is 39.1 Å². The van der Waals surface area contributed by atoms with Crippen molar-refractivity contribution < 1.29 is 28.6 Å². The second-order valence-electron chi connectivity index (χ2n) is 4.78. The van der Waals surface area contributed by atoms with Gasteiger partial charge in [-0.15, -0.1) is 0 Å². The summed E-state index contributed by atoms with van der Waals surface area (Å²) in [4.78, 5) is 21.7. The molecule has 0 unspecified atom stereocenters. The lowest BCUT2D eigenvalue weighted by atomic mass is 10.1. The number of ketones is 2.